The van der Waals surface area contributed by atoms with E-state index in [1.807, 2.05) is 24.3 Å². The van der Waals surface area contributed by atoms with Crippen molar-refractivity contribution in [3.63, 3.8) is 0 Å². The average molecular weight is 366 g/mol. The van der Waals surface area contributed by atoms with E-state index in [0.717, 1.165) is 16.3 Å². The second-order valence-corrected chi connectivity index (χ2v) is 6.88. The molecule has 2 heterocycles. The fraction of sp³-hybridized carbons (Fsp3) is 0.286. The van der Waals surface area contributed by atoms with Crippen LogP contribution in [0.1, 0.15) is 0 Å². The van der Waals surface area contributed by atoms with Crippen molar-refractivity contribution in [1.29, 1.82) is 0 Å². The summed E-state index contributed by atoms with van der Waals surface area (Å²) >= 11 is 2.58. The van der Waals surface area contributed by atoms with Crippen LogP contribution < -0.4 is 10.1 Å². The van der Waals surface area contributed by atoms with Crippen molar-refractivity contribution < 1.29 is 19.1 Å². The number of aromatic nitrogens is 2. The summed E-state index contributed by atoms with van der Waals surface area (Å²) in [4.78, 5) is 24.3. The van der Waals surface area contributed by atoms with Crippen LogP contribution in [-0.4, -0.2) is 53.1 Å². The average Bonchev–Trinajstić information content (AvgIpc) is 3.22. The minimum Gasteiger partial charge on any atom is -0.497 e. The van der Waals surface area contributed by atoms with Gasteiger partial charge in [0.05, 0.1) is 19.4 Å². The van der Waals surface area contributed by atoms with E-state index in [9.17, 15) is 9.59 Å². The van der Waals surface area contributed by atoms with Crippen molar-refractivity contribution >= 4 is 45.9 Å². The van der Waals surface area contributed by atoms with Crippen LogP contribution in [0, 0.1) is 0 Å². The number of thioether (sulfide) groups is 1. The summed E-state index contributed by atoms with van der Waals surface area (Å²) in [5.41, 5.74) is 0.861. The summed E-state index contributed by atoms with van der Waals surface area (Å²) in [6, 6.07) is 7.42. The fourth-order valence-electron chi connectivity index (χ4n) is 1.94. The van der Waals surface area contributed by atoms with Crippen molar-refractivity contribution in [2.45, 2.75) is 4.34 Å². The summed E-state index contributed by atoms with van der Waals surface area (Å²) < 4.78 is 10.5. The Morgan fingerprint density at radius 2 is 2.21 bits per heavy atom. The van der Waals surface area contributed by atoms with Crippen LogP contribution in [0.2, 0.25) is 0 Å². The van der Waals surface area contributed by atoms with E-state index < -0.39 is 6.09 Å². The molecule has 0 bridgehead atoms. The van der Waals surface area contributed by atoms with Gasteiger partial charge in [-0.1, -0.05) is 23.1 Å². The second-order valence-electron chi connectivity index (χ2n) is 4.68. The third-order valence-electron chi connectivity index (χ3n) is 3.13. The molecule has 8 nitrogen and oxygen atoms in total. The second kappa shape index (κ2) is 7.49. The number of rotatable bonds is 6. The summed E-state index contributed by atoms with van der Waals surface area (Å²) in [5.74, 6) is 0.599. The molecule has 3 rings (SSSR count). The van der Waals surface area contributed by atoms with Gasteiger partial charge in [-0.05, 0) is 24.3 Å². The summed E-state index contributed by atoms with van der Waals surface area (Å²) in [7, 11) is 1.61. The smallest absolute Gasteiger partial charge is 0.416 e. The van der Waals surface area contributed by atoms with Crippen molar-refractivity contribution in [3.05, 3.63) is 24.3 Å². The number of carbonyl (C=O) groups excluding carboxylic acids is 2. The lowest BCUT2D eigenvalue weighted by Crippen LogP contribution is -2.32. The van der Waals surface area contributed by atoms with Crippen LogP contribution in [0.4, 0.5) is 15.6 Å². The number of methoxy groups -OCH3 is 1. The molecule has 1 aliphatic rings. The Morgan fingerprint density at radius 1 is 1.42 bits per heavy atom. The molecule has 2 amide bonds. The number of nitrogens with one attached hydrogen (secondary N) is 1. The fourth-order valence-corrected chi connectivity index (χ4v) is 3.59. The van der Waals surface area contributed by atoms with Crippen molar-refractivity contribution in [2.75, 3.05) is 31.3 Å². The number of cyclic esters (lactones) is 1. The normalized spacial score (nSPS) is 13.7. The van der Waals surface area contributed by atoms with Gasteiger partial charge in [-0.15, -0.1) is 10.2 Å². The monoisotopic (exact) mass is 366 g/mol. The number of benzene rings is 1. The number of hydrogen-bond acceptors (Lipinski definition) is 9. The molecule has 0 saturated carbocycles. The van der Waals surface area contributed by atoms with Crippen LogP contribution in [-0.2, 0) is 9.53 Å². The number of carbonyl (C=O) groups is 2. The molecule has 1 aliphatic heterocycles. The topological polar surface area (TPSA) is 93.7 Å². The van der Waals surface area contributed by atoms with E-state index in [4.69, 9.17) is 9.47 Å². The molecular formula is C14H14N4O4S2. The largest absolute Gasteiger partial charge is 0.497 e. The van der Waals surface area contributed by atoms with Crippen molar-refractivity contribution in [3.8, 4) is 5.75 Å². The van der Waals surface area contributed by atoms with E-state index in [1.165, 1.54) is 23.1 Å². The zero-order valence-corrected chi connectivity index (χ0v) is 14.4. The standard InChI is InChI=1S/C14H14N4O4S2/c1-21-10-4-2-9(3-5-10)15-12-16-17-13(24-12)23-8-11(19)18-6-7-22-14(18)20/h2-5H,6-8H2,1H3,(H,15,16). The molecule has 1 N–H and O–H groups in total. The van der Waals surface area contributed by atoms with Crippen LogP contribution in [0.25, 0.3) is 0 Å². The molecule has 0 spiro atoms. The predicted octanol–water partition coefficient (Wildman–Crippen LogP) is 2.36. The Kier molecular flexibility index (Phi) is 5.16. The molecule has 1 aromatic carbocycles. The number of hydrogen-bond donors (Lipinski definition) is 1. The van der Waals surface area contributed by atoms with Gasteiger partial charge in [0.15, 0.2) is 4.34 Å². The quantitative estimate of drug-likeness (QED) is 0.779. The lowest BCUT2D eigenvalue weighted by Gasteiger charge is -2.08. The number of anilines is 2. The number of nitrogens with zero attached hydrogens (tertiary/aromatic N) is 3. The first kappa shape index (κ1) is 16.5. The highest BCUT2D eigenvalue weighted by Crippen LogP contribution is 2.28. The van der Waals surface area contributed by atoms with Gasteiger partial charge in [-0.3, -0.25) is 4.79 Å². The minimum atomic E-state index is -0.584. The van der Waals surface area contributed by atoms with Gasteiger partial charge >= 0.3 is 6.09 Å². The highest BCUT2D eigenvalue weighted by Gasteiger charge is 2.28. The summed E-state index contributed by atoms with van der Waals surface area (Å²) in [5, 5.41) is 11.8. The number of ether oxygens (including phenoxy) is 2. The summed E-state index contributed by atoms with van der Waals surface area (Å²) in [6.45, 7) is 0.558. The van der Waals surface area contributed by atoms with Crippen LogP contribution in [0.15, 0.2) is 28.6 Å². The number of imide groups is 1. The van der Waals surface area contributed by atoms with Gasteiger partial charge in [-0.25, -0.2) is 9.69 Å². The minimum absolute atomic E-state index is 0.117. The molecule has 0 atom stereocenters. The van der Waals surface area contributed by atoms with Crippen LogP contribution in [0.5, 0.6) is 5.75 Å². The van der Waals surface area contributed by atoms with Crippen LogP contribution >= 0.6 is 23.1 Å². The van der Waals surface area contributed by atoms with Gasteiger partial charge in [0.2, 0.25) is 11.0 Å². The maximum Gasteiger partial charge on any atom is 0.416 e. The van der Waals surface area contributed by atoms with E-state index in [2.05, 4.69) is 15.5 Å². The van der Waals surface area contributed by atoms with E-state index in [1.54, 1.807) is 7.11 Å². The lowest BCUT2D eigenvalue weighted by molar-refractivity contribution is -0.125. The van der Waals surface area contributed by atoms with Gasteiger partial charge in [0.25, 0.3) is 0 Å². The van der Waals surface area contributed by atoms with Gasteiger partial charge in [0, 0.05) is 5.69 Å². The molecule has 10 heteroatoms. The highest BCUT2D eigenvalue weighted by atomic mass is 32.2. The molecule has 0 radical (unpaired) electrons. The van der Waals surface area contributed by atoms with E-state index >= 15 is 0 Å². The Bertz CT molecular complexity index is 735. The zero-order chi connectivity index (χ0) is 16.9. The molecule has 126 valence electrons. The Hall–Kier alpha value is -2.33. The maximum absolute atomic E-state index is 11.9. The Balaban J connectivity index is 1.53. The maximum atomic E-state index is 11.9. The lowest BCUT2D eigenvalue weighted by atomic mass is 10.3. The Morgan fingerprint density at radius 3 is 2.88 bits per heavy atom. The molecule has 1 aromatic heterocycles. The Labute approximate surface area is 146 Å². The van der Waals surface area contributed by atoms with Gasteiger partial charge < -0.3 is 14.8 Å². The van der Waals surface area contributed by atoms with Crippen molar-refractivity contribution in [2.24, 2.45) is 0 Å². The van der Waals surface area contributed by atoms with Gasteiger partial charge in [-0.2, -0.15) is 0 Å². The van der Waals surface area contributed by atoms with Crippen LogP contribution in [0.3, 0.4) is 0 Å². The first-order valence-corrected chi connectivity index (χ1v) is 8.80. The highest BCUT2D eigenvalue weighted by molar-refractivity contribution is 8.01. The first-order chi connectivity index (χ1) is 11.7. The predicted molar refractivity (Wildman–Crippen MR) is 90.0 cm³/mol. The third-order valence-corrected chi connectivity index (χ3v) is 5.09. The molecule has 1 saturated heterocycles. The molecule has 0 unspecified atom stereocenters. The van der Waals surface area contributed by atoms with Gasteiger partial charge in [0.1, 0.15) is 12.4 Å². The molecule has 2 aromatic rings. The molecule has 0 aliphatic carbocycles. The molecule has 1 fully saturated rings. The molecule has 24 heavy (non-hydrogen) atoms. The first-order valence-electron chi connectivity index (χ1n) is 7.00. The van der Waals surface area contributed by atoms with E-state index in [-0.39, 0.29) is 18.3 Å². The van der Waals surface area contributed by atoms with Crippen molar-refractivity contribution in [1.82, 2.24) is 15.1 Å². The zero-order valence-electron chi connectivity index (χ0n) is 12.7. The summed E-state index contributed by atoms with van der Waals surface area (Å²) in [6.07, 6.45) is -0.584. The van der Waals surface area contributed by atoms with E-state index in [0.29, 0.717) is 16.0 Å². The number of amides is 2. The molecular weight excluding hydrogens is 352 g/mol. The third kappa shape index (κ3) is 3.95. The SMILES string of the molecule is COc1ccc(Nc2nnc(SCC(=O)N3CCOC3=O)s2)cc1.